The van der Waals surface area contributed by atoms with Crippen LogP contribution in [0.5, 0.6) is 0 Å². The average molecular weight is 277 g/mol. The maximum absolute atomic E-state index is 11.8. The van der Waals surface area contributed by atoms with Gasteiger partial charge in [-0.1, -0.05) is 0 Å². The largest absolute Gasteiger partial charge is 0.368 e. The molecule has 3 N–H and O–H groups in total. The Balaban J connectivity index is 1.81. The molecular formula is C12H15N5OS. The number of anilines is 2. The molecule has 0 radical (unpaired) electrons. The Morgan fingerprint density at radius 3 is 3.11 bits per heavy atom. The molecule has 2 heterocycles. The highest BCUT2D eigenvalue weighted by atomic mass is 32.1. The Morgan fingerprint density at radius 1 is 1.58 bits per heavy atom. The Labute approximate surface area is 114 Å². The van der Waals surface area contributed by atoms with E-state index in [4.69, 9.17) is 5.73 Å². The van der Waals surface area contributed by atoms with Crippen LogP contribution < -0.4 is 16.0 Å². The van der Waals surface area contributed by atoms with E-state index in [1.54, 1.807) is 0 Å². The van der Waals surface area contributed by atoms with E-state index in [2.05, 4.69) is 15.3 Å². The Hall–Kier alpha value is -1.89. The predicted molar refractivity (Wildman–Crippen MR) is 76.3 cm³/mol. The highest BCUT2D eigenvalue weighted by Gasteiger charge is 2.24. The summed E-state index contributed by atoms with van der Waals surface area (Å²) in [6, 6.07) is 2.32. The van der Waals surface area contributed by atoms with Gasteiger partial charge in [0, 0.05) is 13.1 Å². The maximum Gasteiger partial charge on any atom is 0.239 e. The molecule has 3 rings (SSSR count). The number of nitrogens with zero attached hydrogens (tertiary/aromatic N) is 3. The summed E-state index contributed by atoms with van der Waals surface area (Å²) in [5, 5.41) is 5.83. The van der Waals surface area contributed by atoms with Crippen LogP contribution >= 0.6 is 11.3 Å². The van der Waals surface area contributed by atoms with E-state index in [-0.39, 0.29) is 18.4 Å². The van der Waals surface area contributed by atoms with Crippen molar-refractivity contribution >= 4 is 39.2 Å². The second-order valence-corrected chi connectivity index (χ2v) is 5.64. The third-order valence-corrected chi connectivity index (χ3v) is 3.81. The van der Waals surface area contributed by atoms with E-state index in [0.717, 1.165) is 23.1 Å². The van der Waals surface area contributed by atoms with Crippen molar-refractivity contribution in [1.29, 1.82) is 0 Å². The van der Waals surface area contributed by atoms with Gasteiger partial charge in [0.05, 0.1) is 11.9 Å². The smallest absolute Gasteiger partial charge is 0.239 e. The van der Waals surface area contributed by atoms with Gasteiger partial charge in [-0.3, -0.25) is 4.79 Å². The summed E-state index contributed by atoms with van der Waals surface area (Å²) in [5.74, 6) is 0.958. The molecule has 0 unspecified atom stereocenters. The van der Waals surface area contributed by atoms with Crippen LogP contribution in [0, 0.1) is 0 Å². The molecule has 19 heavy (non-hydrogen) atoms. The van der Waals surface area contributed by atoms with Gasteiger partial charge in [-0.2, -0.15) is 4.98 Å². The molecule has 0 aliphatic heterocycles. The Kier molecular flexibility index (Phi) is 2.98. The van der Waals surface area contributed by atoms with E-state index in [0.29, 0.717) is 11.9 Å². The van der Waals surface area contributed by atoms with Crippen molar-refractivity contribution in [3.63, 3.8) is 0 Å². The molecule has 0 bridgehead atoms. The number of nitrogen functional groups attached to an aromatic ring is 1. The first-order valence-electron chi connectivity index (χ1n) is 6.14. The van der Waals surface area contributed by atoms with Gasteiger partial charge in [-0.15, -0.1) is 11.3 Å². The van der Waals surface area contributed by atoms with Crippen molar-refractivity contribution < 1.29 is 4.79 Å². The van der Waals surface area contributed by atoms with Gasteiger partial charge in [-0.05, 0) is 24.3 Å². The van der Waals surface area contributed by atoms with E-state index in [1.807, 2.05) is 23.4 Å². The van der Waals surface area contributed by atoms with Crippen LogP contribution in [0.1, 0.15) is 12.8 Å². The van der Waals surface area contributed by atoms with Gasteiger partial charge in [0.2, 0.25) is 11.9 Å². The minimum atomic E-state index is 0.0190. The Morgan fingerprint density at radius 2 is 2.37 bits per heavy atom. The maximum atomic E-state index is 11.8. The lowest BCUT2D eigenvalue weighted by Gasteiger charge is -2.18. The highest BCUT2D eigenvalue weighted by Crippen LogP contribution is 2.27. The lowest BCUT2D eigenvalue weighted by molar-refractivity contribution is -0.119. The fraction of sp³-hybridized carbons (Fsp3) is 0.417. The molecule has 1 saturated carbocycles. The van der Waals surface area contributed by atoms with Gasteiger partial charge in [0.15, 0.2) is 0 Å². The minimum Gasteiger partial charge on any atom is -0.368 e. The number of carbonyl (C=O) groups is 1. The molecular weight excluding hydrogens is 262 g/mol. The van der Waals surface area contributed by atoms with Crippen LogP contribution in [0.15, 0.2) is 11.4 Å². The Bertz CT molecular complexity index is 622. The van der Waals surface area contributed by atoms with Crippen LogP contribution in [-0.4, -0.2) is 35.5 Å². The van der Waals surface area contributed by atoms with Crippen LogP contribution in [-0.2, 0) is 4.79 Å². The zero-order chi connectivity index (χ0) is 13.4. The van der Waals surface area contributed by atoms with Crippen molar-refractivity contribution in [1.82, 2.24) is 15.3 Å². The summed E-state index contributed by atoms with van der Waals surface area (Å²) in [5.41, 5.74) is 5.70. The van der Waals surface area contributed by atoms with Gasteiger partial charge in [-0.25, -0.2) is 4.98 Å². The number of aromatic nitrogens is 2. The SMILES string of the molecule is CN(CC(=O)NC1CC1)c1nc(N)nc2sccc12. The van der Waals surface area contributed by atoms with Crippen molar-refractivity contribution in [2.75, 3.05) is 24.2 Å². The molecule has 1 fully saturated rings. The van der Waals surface area contributed by atoms with E-state index >= 15 is 0 Å². The fourth-order valence-corrected chi connectivity index (χ4v) is 2.70. The summed E-state index contributed by atoms with van der Waals surface area (Å²) in [6.45, 7) is 0.276. The summed E-state index contributed by atoms with van der Waals surface area (Å²) >= 11 is 1.51. The molecule has 0 aromatic carbocycles. The van der Waals surface area contributed by atoms with Crippen molar-refractivity contribution in [2.45, 2.75) is 18.9 Å². The molecule has 7 heteroatoms. The third-order valence-electron chi connectivity index (χ3n) is 3.01. The van der Waals surface area contributed by atoms with E-state index in [1.165, 1.54) is 11.3 Å². The number of amides is 1. The van der Waals surface area contributed by atoms with Gasteiger partial charge < -0.3 is 16.0 Å². The second kappa shape index (κ2) is 4.65. The van der Waals surface area contributed by atoms with Crippen LogP contribution in [0.3, 0.4) is 0 Å². The third kappa shape index (κ3) is 2.60. The van der Waals surface area contributed by atoms with Crippen LogP contribution in [0.25, 0.3) is 10.2 Å². The number of hydrogen-bond acceptors (Lipinski definition) is 6. The summed E-state index contributed by atoms with van der Waals surface area (Å²) in [7, 11) is 1.84. The quantitative estimate of drug-likeness (QED) is 0.870. The molecule has 1 aliphatic carbocycles. The molecule has 6 nitrogen and oxygen atoms in total. The van der Waals surface area contributed by atoms with E-state index < -0.39 is 0 Å². The van der Waals surface area contributed by atoms with Crippen LogP contribution in [0.4, 0.5) is 11.8 Å². The summed E-state index contributed by atoms with van der Waals surface area (Å²) in [4.78, 5) is 22.9. The lowest BCUT2D eigenvalue weighted by atomic mass is 10.3. The number of carbonyl (C=O) groups excluding carboxylic acids is 1. The summed E-state index contributed by atoms with van der Waals surface area (Å²) in [6.07, 6.45) is 2.18. The number of likely N-dealkylation sites (N-methyl/N-ethyl adjacent to an activating group) is 1. The van der Waals surface area contributed by atoms with Crippen molar-refractivity contribution in [2.24, 2.45) is 0 Å². The fourth-order valence-electron chi connectivity index (χ4n) is 1.94. The summed E-state index contributed by atoms with van der Waals surface area (Å²) < 4.78 is 0. The monoisotopic (exact) mass is 277 g/mol. The molecule has 1 aliphatic rings. The zero-order valence-corrected chi connectivity index (χ0v) is 11.4. The predicted octanol–water partition coefficient (Wildman–Crippen LogP) is 0.988. The average Bonchev–Trinajstić information content (AvgIpc) is 3.03. The topological polar surface area (TPSA) is 84.1 Å². The van der Waals surface area contributed by atoms with Gasteiger partial charge in [0.1, 0.15) is 10.6 Å². The number of rotatable bonds is 4. The first-order valence-corrected chi connectivity index (χ1v) is 7.02. The lowest BCUT2D eigenvalue weighted by Crippen LogP contribution is -2.36. The molecule has 0 spiro atoms. The normalized spacial score (nSPS) is 14.6. The second-order valence-electron chi connectivity index (χ2n) is 4.74. The highest BCUT2D eigenvalue weighted by molar-refractivity contribution is 7.16. The molecule has 2 aromatic heterocycles. The van der Waals surface area contributed by atoms with E-state index in [9.17, 15) is 4.79 Å². The molecule has 2 aromatic rings. The number of hydrogen-bond donors (Lipinski definition) is 2. The van der Waals surface area contributed by atoms with Crippen molar-refractivity contribution in [3.05, 3.63) is 11.4 Å². The number of fused-ring (bicyclic) bond motifs is 1. The molecule has 0 saturated heterocycles. The standard InChI is InChI=1S/C12H15N5OS/c1-17(6-9(18)14-7-2-3-7)10-8-4-5-19-11(8)16-12(13)15-10/h4-5,7H,2-3,6H2,1H3,(H,14,18)(H2,13,15,16). The number of nitrogens with two attached hydrogens (primary N) is 1. The van der Waals surface area contributed by atoms with Gasteiger partial charge in [0.25, 0.3) is 0 Å². The van der Waals surface area contributed by atoms with Crippen molar-refractivity contribution in [3.8, 4) is 0 Å². The first-order chi connectivity index (χ1) is 9.13. The number of thiophene rings is 1. The minimum absolute atomic E-state index is 0.0190. The van der Waals surface area contributed by atoms with Crippen LogP contribution in [0.2, 0.25) is 0 Å². The molecule has 0 atom stereocenters. The zero-order valence-electron chi connectivity index (χ0n) is 10.6. The molecule has 1 amide bonds. The van der Waals surface area contributed by atoms with Gasteiger partial charge >= 0.3 is 0 Å². The first kappa shape index (κ1) is 12.2. The number of nitrogens with one attached hydrogen (secondary N) is 1. The molecule has 100 valence electrons.